The van der Waals surface area contributed by atoms with Crippen molar-refractivity contribution >= 4 is 192 Å². The van der Waals surface area contributed by atoms with Gasteiger partial charge in [0.15, 0.2) is 13.2 Å². The van der Waals surface area contributed by atoms with Crippen molar-refractivity contribution in [2.24, 2.45) is 28.7 Å². The number of carboxylic acids is 3. The molecule has 42 heteroatoms. The lowest BCUT2D eigenvalue weighted by Gasteiger charge is -2.12. The molecule has 5 aromatic heterocycles. The van der Waals surface area contributed by atoms with Crippen molar-refractivity contribution in [1.82, 2.24) is 0 Å². The minimum atomic E-state index is -5.08. The van der Waals surface area contributed by atoms with Gasteiger partial charge in [0.2, 0.25) is 0 Å². The molecular weight excluding hydrogens is 2020 g/mol. The van der Waals surface area contributed by atoms with Crippen LogP contribution >= 0.6 is 56.7 Å². The third-order valence-electron chi connectivity index (χ3n) is 18.8. The molecule has 0 spiro atoms. The number of carbonyl (C=O) groups excluding carboxylic acids is 3. The number of para-hydroxylation sites is 2. The standard InChI is InChI=1S/C24H20N2O3S.2C20H16N2O2S.C18H14N2OS.C17H14N2O3S.2C2HF3O2.3CH2O2/c25-24(26)22-13-18-12-17(10-11-21(18)30-22)19-8-4-5-9-20(19)28-15-23(27)29-14-16-6-2-1-3-7-16;1-2-24-20(23)15-7-3-5-13(11-15)9-10-14-6-4-8-17-16(14)12-18(25-17)19(21)22;1-2-24-20(23)15-8-4-3-6-13(15)10-11-14-7-5-9-17-16(14)12-18(25-17)19(21)22;1-21-14-9-6-12(7-10-14)5-8-13-3-2-4-16-15(13)11-17(22-16)18(19)20;18-17(19)15-8-11-7-10(5-6-14(11)23-15)12-3-1-2-4-13(12)22-9-16(20)21;2*3-2(4,5)1(6)7;3*2-1-3/h1-13H,14-15H2,(H3,25,26);3-8,11-12H,2H2,1H3,(H3,21,22);3-9,12H,2H2,1H3,(H3,21,22);2-4,6-7,9-11H,1H3,(H3,19,20);1-8H,9H2,(H3,18,19)(H,20,21);2*(H,6,7);3*1H,(H,2,3). The summed E-state index contributed by atoms with van der Waals surface area (Å²) in [6.45, 7) is 3.13. The average Bonchev–Trinajstić information content (AvgIpc) is 1.65. The molecule has 0 aliphatic heterocycles. The predicted octanol–water partition coefficient (Wildman–Crippen LogP) is 19.8. The maximum atomic E-state index is 12.1. The maximum absolute atomic E-state index is 12.1. The number of carboxylic acid groups (broad SMARTS) is 6. The van der Waals surface area contributed by atoms with E-state index >= 15 is 0 Å². The highest BCUT2D eigenvalue weighted by Crippen LogP contribution is 2.38. The molecule has 0 aliphatic rings. The molecule has 0 radical (unpaired) electrons. The summed E-state index contributed by atoms with van der Waals surface area (Å²) in [4.78, 5) is 93.2. The number of hydrogen-bond acceptors (Lipinski definition) is 25. The quantitative estimate of drug-likeness (QED) is 0.00641. The fourth-order valence-corrected chi connectivity index (χ4v) is 17.0. The Morgan fingerprint density at radius 2 is 0.723 bits per heavy atom. The van der Waals surface area contributed by atoms with Crippen molar-refractivity contribution in [1.29, 1.82) is 27.0 Å². The number of nitrogen functional groups attached to an aromatic ring is 5. The van der Waals surface area contributed by atoms with Gasteiger partial charge in [-0.25, -0.2) is 28.8 Å². The number of rotatable bonds is 20. The number of hydrogen-bond donors (Lipinski definition) is 16. The predicted molar refractivity (Wildman–Crippen MR) is 559 cm³/mol. The van der Waals surface area contributed by atoms with E-state index in [9.17, 15) is 45.5 Å². The SMILES string of the molecule is CCOC(=O)c1cccc(C#Cc2cccc3sc(C(=N)N)cc23)c1.CCOC(=O)c1ccccc1C#Cc1cccc2sc(C(=N)N)cc12.COc1ccc(C#Cc2cccc3sc(C(=N)N)cc23)cc1.N=C(N)c1cc2cc(-c3ccccc3OCC(=O)O)ccc2s1.N=C(N)c1cc2cc(-c3ccccc3OCC(=O)OCc3ccccc3)ccc2s1.O=C(O)C(F)(F)F.O=C(O)C(F)(F)F.O=CO.O=CO.O=CO. The zero-order chi connectivity index (χ0) is 109. The van der Waals surface area contributed by atoms with Crippen LogP contribution in [-0.4, -0.2) is 161 Å². The number of ether oxygens (including phenoxy) is 6. The number of thiophene rings is 5. The van der Waals surface area contributed by atoms with E-state index in [2.05, 4.69) is 35.5 Å². The molecule has 148 heavy (non-hydrogen) atoms. The Hall–Kier alpha value is -18.5. The Bertz CT molecular complexity index is 7640. The minimum absolute atomic E-state index is 0.0489. The van der Waals surface area contributed by atoms with Gasteiger partial charge in [0, 0.05) is 84.2 Å². The van der Waals surface area contributed by atoms with E-state index in [1.54, 1.807) is 69.5 Å². The summed E-state index contributed by atoms with van der Waals surface area (Å²) in [6.07, 6.45) is -10.2. The average molecular weight is 2110 g/mol. The van der Waals surface area contributed by atoms with Crippen LogP contribution in [0, 0.1) is 62.6 Å². The van der Waals surface area contributed by atoms with Crippen LogP contribution < -0.4 is 42.9 Å². The normalized spacial score (nSPS) is 10.0. The van der Waals surface area contributed by atoms with Gasteiger partial charge in [-0.1, -0.05) is 151 Å². The monoisotopic (exact) mass is 2110 g/mol. The van der Waals surface area contributed by atoms with Crippen LogP contribution in [0.2, 0.25) is 0 Å². The Morgan fingerprint density at radius 3 is 1.13 bits per heavy atom. The number of carbonyl (C=O) groups is 9. The molecule has 16 rings (SSSR count). The van der Waals surface area contributed by atoms with Gasteiger partial charge in [-0.3, -0.25) is 41.4 Å². The third-order valence-corrected chi connectivity index (χ3v) is 24.5. The largest absolute Gasteiger partial charge is 0.497 e. The number of methoxy groups -OCH3 is 1. The van der Waals surface area contributed by atoms with Gasteiger partial charge < -0.3 is 87.7 Å². The van der Waals surface area contributed by atoms with E-state index in [0.29, 0.717) is 41.4 Å². The van der Waals surface area contributed by atoms with Gasteiger partial charge >= 0.3 is 48.2 Å². The van der Waals surface area contributed by atoms with Crippen LogP contribution in [0.4, 0.5) is 26.3 Å². The molecule has 0 unspecified atom stereocenters. The van der Waals surface area contributed by atoms with Gasteiger partial charge in [-0.15, -0.1) is 56.7 Å². The summed E-state index contributed by atoms with van der Waals surface area (Å²) in [5.41, 5.74) is 38.3. The first-order chi connectivity index (χ1) is 70.6. The number of benzene rings is 11. The van der Waals surface area contributed by atoms with E-state index in [4.69, 9.17) is 139 Å². The first-order valence-corrected chi connectivity index (χ1v) is 46.5. The Balaban J connectivity index is 0.000000238. The Kier molecular flexibility index (Phi) is 45.7. The van der Waals surface area contributed by atoms with Crippen molar-refractivity contribution < 1.29 is 129 Å². The number of esters is 3. The third kappa shape index (κ3) is 36.5. The van der Waals surface area contributed by atoms with Crippen LogP contribution in [0.25, 0.3) is 72.7 Å². The zero-order valence-corrected chi connectivity index (χ0v) is 81.8. The number of aliphatic carboxylic acids is 3. The Labute approximate surface area is 859 Å². The van der Waals surface area contributed by atoms with Crippen LogP contribution in [0.15, 0.2) is 273 Å². The highest BCUT2D eigenvalue weighted by atomic mass is 32.1. The first kappa shape index (κ1) is 116. The maximum Gasteiger partial charge on any atom is 0.490 e. The molecule has 5 heterocycles. The fourth-order valence-electron chi connectivity index (χ4n) is 12.3. The van der Waals surface area contributed by atoms with Gasteiger partial charge in [-0.2, -0.15) is 26.3 Å². The Morgan fingerprint density at radius 1 is 0.372 bits per heavy atom. The number of amidine groups is 5. The zero-order valence-electron chi connectivity index (χ0n) is 77.8. The second-order valence-corrected chi connectivity index (χ2v) is 34.3. The van der Waals surface area contributed by atoms with Crippen molar-refractivity contribution in [2.45, 2.75) is 32.8 Å². The highest BCUT2D eigenvalue weighted by molar-refractivity contribution is 7.22. The molecule has 0 fully saturated rings. The molecule has 0 saturated carbocycles. The van der Waals surface area contributed by atoms with E-state index < -0.39 is 36.2 Å². The highest BCUT2D eigenvalue weighted by Gasteiger charge is 2.39. The lowest BCUT2D eigenvalue weighted by atomic mass is 10.0. The van der Waals surface area contributed by atoms with E-state index in [0.717, 1.165) is 136 Å². The molecule has 0 aliphatic carbocycles. The van der Waals surface area contributed by atoms with Gasteiger partial charge in [0.25, 0.3) is 19.4 Å². The van der Waals surface area contributed by atoms with Gasteiger partial charge in [0.1, 0.15) is 53.0 Å². The van der Waals surface area contributed by atoms with Crippen molar-refractivity contribution in [2.75, 3.05) is 33.5 Å². The molecule has 0 atom stereocenters. The van der Waals surface area contributed by atoms with Crippen LogP contribution in [0.3, 0.4) is 0 Å². The summed E-state index contributed by atoms with van der Waals surface area (Å²) in [5.74, 6) is 13.4. The molecule has 11 aromatic carbocycles. The topological polar surface area (TPSA) is 580 Å². The number of alkyl halides is 6. The van der Waals surface area contributed by atoms with Gasteiger partial charge in [0.05, 0.1) is 55.8 Å². The minimum Gasteiger partial charge on any atom is -0.497 e. The number of nitrogens with one attached hydrogen (secondary N) is 5. The molecule has 0 bridgehead atoms. The molecule has 0 amide bonds. The van der Waals surface area contributed by atoms with Crippen LogP contribution in [0.5, 0.6) is 17.2 Å². The van der Waals surface area contributed by atoms with Crippen LogP contribution in [-0.2, 0) is 54.4 Å². The molecule has 21 N–H and O–H groups in total. The van der Waals surface area contributed by atoms with Crippen molar-refractivity contribution in [3.63, 3.8) is 0 Å². The molecule has 31 nitrogen and oxygen atoms in total. The summed E-state index contributed by atoms with van der Waals surface area (Å²) >= 11 is 7.41. The second-order valence-electron chi connectivity index (χ2n) is 28.9. The lowest BCUT2D eigenvalue weighted by Crippen LogP contribution is -2.21. The molecule has 0 saturated heterocycles. The number of fused-ring (bicyclic) bond motifs is 5. The van der Waals surface area contributed by atoms with Crippen molar-refractivity contribution in [3.05, 3.63) is 347 Å². The molecule has 16 aromatic rings. The summed E-state index contributed by atoms with van der Waals surface area (Å²) in [7, 11) is 1.64. The van der Waals surface area contributed by atoms with Gasteiger partial charge in [-0.05, 0) is 199 Å². The number of nitrogens with two attached hydrogens (primary N) is 5. The molecule has 760 valence electrons. The molecular formula is C106H88F6N10O21S5. The van der Waals surface area contributed by atoms with E-state index in [-0.39, 0.29) is 80.4 Å². The smallest absolute Gasteiger partial charge is 0.490 e. The second kappa shape index (κ2) is 58.1. The fraction of sp³-hybridized carbons (Fsp3) is 0.0943. The lowest BCUT2D eigenvalue weighted by molar-refractivity contribution is -0.193. The van der Waals surface area contributed by atoms with Crippen LogP contribution in [0.1, 0.15) is 97.9 Å². The van der Waals surface area contributed by atoms with Crippen molar-refractivity contribution in [3.8, 4) is 75.0 Å². The van der Waals surface area contributed by atoms with E-state index in [1.807, 2.05) is 224 Å². The summed E-state index contributed by atoms with van der Waals surface area (Å²) < 4.78 is 100. The summed E-state index contributed by atoms with van der Waals surface area (Å²) in [6, 6.07) is 85.3. The van der Waals surface area contributed by atoms with E-state index in [1.165, 1.54) is 56.7 Å². The first-order valence-electron chi connectivity index (χ1n) is 42.4. The number of halogens is 6. The summed E-state index contributed by atoms with van der Waals surface area (Å²) in [5, 5.41) is 86.6.